The van der Waals surface area contributed by atoms with Gasteiger partial charge in [0, 0.05) is 6.04 Å². The van der Waals surface area contributed by atoms with Crippen LogP contribution in [-0.2, 0) is 6.42 Å². The molecular weight excluding hydrogens is 220 g/mol. The maximum Gasteiger partial charge on any atom is 0.126 e. The SMILES string of the molecule is CC(C)NCCCCCc1cc(F)ccc1F. The van der Waals surface area contributed by atoms with E-state index in [1.165, 1.54) is 12.1 Å². The molecule has 96 valence electrons. The van der Waals surface area contributed by atoms with Gasteiger partial charge in [-0.3, -0.25) is 0 Å². The van der Waals surface area contributed by atoms with Gasteiger partial charge in [-0.2, -0.15) is 0 Å². The van der Waals surface area contributed by atoms with Crippen LogP contribution in [0, 0.1) is 11.6 Å². The second-order valence-corrected chi connectivity index (χ2v) is 4.66. The van der Waals surface area contributed by atoms with Gasteiger partial charge in [-0.05, 0) is 49.6 Å². The first kappa shape index (κ1) is 14.1. The molecule has 0 heterocycles. The molecule has 17 heavy (non-hydrogen) atoms. The first-order chi connectivity index (χ1) is 8.09. The molecule has 0 atom stereocenters. The van der Waals surface area contributed by atoms with Crippen LogP contribution in [-0.4, -0.2) is 12.6 Å². The van der Waals surface area contributed by atoms with Crippen molar-refractivity contribution in [3.8, 4) is 0 Å². The number of halogens is 2. The van der Waals surface area contributed by atoms with Crippen LogP contribution in [0.4, 0.5) is 8.78 Å². The van der Waals surface area contributed by atoms with Crippen LogP contribution in [0.25, 0.3) is 0 Å². The lowest BCUT2D eigenvalue weighted by Crippen LogP contribution is -2.23. The fraction of sp³-hybridized carbons (Fsp3) is 0.571. The second kappa shape index (κ2) is 7.38. The number of hydrogen-bond donors (Lipinski definition) is 1. The minimum atomic E-state index is -0.358. The van der Waals surface area contributed by atoms with Gasteiger partial charge < -0.3 is 5.32 Å². The average Bonchev–Trinajstić information content (AvgIpc) is 2.27. The van der Waals surface area contributed by atoms with E-state index < -0.39 is 0 Å². The molecule has 0 radical (unpaired) electrons. The molecule has 0 saturated carbocycles. The summed E-state index contributed by atoms with van der Waals surface area (Å²) in [5.41, 5.74) is 0.488. The summed E-state index contributed by atoms with van der Waals surface area (Å²) in [4.78, 5) is 0. The van der Waals surface area contributed by atoms with Crippen LogP contribution >= 0.6 is 0 Å². The molecule has 1 aromatic rings. The highest BCUT2D eigenvalue weighted by molar-refractivity contribution is 5.18. The first-order valence-electron chi connectivity index (χ1n) is 6.27. The topological polar surface area (TPSA) is 12.0 Å². The zero-order valence-electron chi connectivity index (χ0n) is 10.6. The highest BCUT2D eigenvalue weighted by Crippen LogP contribution is 2.13. The van der Waals surface area contributed by atoms with Gasteiger partial charge in [-0.1, -0.05) is 20.3 Å². The lowest BCUT2D eigenvalue weighted by Gasteiger charge is -2.07. The zero-order valence-corrected chi connectivity index (χ0v) is 10.6. The molecule has 0 unspecified atom stereocenters. The van der Waals surface area contributed by atoms with E-state index in [4.69, 9.17) is 0 Å². The van der Waals surface area contributed by atoms with E-state index >= 15 is 0 Å². The summed E-state index contributed by atoms with van der Waals surface area (Å²) < 4.78 is 26.2. The third kappa shape index (κ3) is 5.78. The lowest BCUT2D eigenvalue weighted by molar-refractivity contribution is 0.541. The molecule has 0 aliphatic rings. The Hall–Kier alpha value is -0.960. The summed E-state index contributed by atoms with van der Waals surface area (Å²) >= 11 is 0. The molecule has 0 saturated heterocycles. The molecule has 1 rings (SSSR count). The molecular formula is C14H21F2N. The maximum atomic E-state index is 13.3. The number of unbranched alkanes of at least 4 members (excludes halogenated alkanes) is 2. The van der Waals surface area contributed by atoms with Gasteiger partial charge in [-0.25, -0.2) is 8.78 Å². The van der Waals surface area contributed by atoms with Crippen LogP contribution in [0.2, 0.25) is 0 Å². The zero-order chi connectivity index (χ0) is 12.7. The molecule has 1 aromatic carbocycles. The van der Waals surface area contributed by atoms with Crippen LogP contribution in [0.1, 0.15) is 38.7 Å². The van der Waals surface area contributed by atoms with Crippen molar-refractivity contribution < 1.29 is 8.78 Å². The summed E-state index contributed by atoms with van der Waals surface area (Å²) in [7, 11) is 0. The normalized spacial score (nSPS) is 11.1. The van der Waals surface area contributed by atoms with E-state index in [2.05, 4.69) is 19.2 Å². The summed E-state index contributed by atoms with van der Waals surface area (Å²) in [6, 6.07) is 4.16. The smallest absolute Gasteiger partial charge is 0.126 e. The molecule has 0 aromatic heterocycles. The van der Waals surface area contributed by atoms with Crippen molar-refractivity contribution in [2.45, 2.75) is 45.6 Å². The van der Waals surface area contributed by atoms with Crippen molar-refractivity contribution in [2.24, 2.45) is 0 Å². The Morgan fingerprint density at radius 3 is 2.59 bits per heavy atom. The summed E-state index contributed by atoms with van der Waals surface area (Å²) in [6.45, 7) is 5.22. The Morgan fingerprint density at radius 1 is 1.12 bits per heavy atom. The van der Waals surface area contributed by atoms with E-state index in [9.17, 15) is 8.78 Å². The Labute approximate surface area is 102 Å². The highest BCUT2D eigenvalue weighted by Gasteiger charge is 2.03. The van der Waals surface area contributed by atoms with Gasteiger partial charge in [0.05, 0.1) is 0 Å². The van der Waals surface area contributed by atoms with Gasteiger partial charge >= 0.3 is 0 Å². The van der Waals surface area contributed by atoms with Gasteiger partial charge in [0.25, 0.3) is 0 Å². The lowest BCUT2D eigenvalue weighted by atomic mass is 10.1. The Morgan fingerprint density at radius 2 is 1.88 bits per heavy atom. The predicted octanol–water partition coefficient (Wildman–Crippen LogP) is 3.68. The van der Waals surface area contributed by atoms with Gasteiger partial charge in [0.1, 0.15) is 11.6 Å². The van der Waals surface area contributed by atoms with E-state index in [1.54, 1.807) is 0 Å². The molecule has 1 nitrogen and oxygen atoms in total. The third-order valence-corrected chi connectivity index (χ3v) is 2.68. The molecule has 0 aliphatic heterocycles. The van der Waals surface area contributed by atoms with Crippen LogP contribution in [0.5, 0.6) is 0 Å². The van der Waals surface area contributed by atoms with Gasteiger partial charge in [0.15, 0.2) is 0 Å². The van der Waals surface area contributed by atoms with Gasteiger partial charge in [-0.15, -0.1) is 0 Å². The minimum absolute atomic E-state index is 0.299. The molecule has 0 amide bonds. The highest BCUT2D eigenvalue weighted by atomic mass is 19.1. The van der Waals surface area contributed by atoms with Crippen molar-refractivity contribution in [3.05, 3.63) is 35.4 Å². The molecule has 1 N–H and O–H groups in total. The number of benzene rings is 1. The first-order valence-corrected chi connectivity index (χ1v) is 6.27. The standard InChI is InChI=1S/C14H21F2N/c1-11(2)17-9-5-3-4-6-12-10-13(15)7-8-14(12)16/h7-8,10-11,17H,3-6,9H2,1-2H3. The fourth-order valence-electron chi connectivity index (χ4n) is 1.74. The molecule has 0 bridgehead atoms. The van der Waals surface area contributed by atoms with Crippen molar-refractivity contribution >= 4 is 0 Å². The monoisotopic (exact) mass is 241 g/mol. The van der Waals surface area contributed by atoms with Crippen molar-refractivity contribution in [2.75, 3.05) is 6.54 Å². The van der Waals surface area contributed by atoms with E-state index in [0.29, 0.717) is 18.0 Å². The maximum absolute atomic E-state index is 13.3. The van der Waals surface area contributed by atoms with Crippen LogP contribution in [0.3, 0.4) is 0 Å². The minimum Gasteiger partial charge on any atom is -0.315 e. The Bertz CT molecular complexity index is 337. The quantitative estimate of drug-likeness (QED) is 0.718. The van der Waals surface area contributed by atoms with Crippen LogP contribution in [0.15, 0.2) is 18.2 Å². The third-order valence-electron chi connectivity index (χ3n) is 2.68. The number of hydrogen-bond acceptors (Lipinski definition) is 1. The van der Waals surface area contributed by atoms with E-state index in [0.717, 1.165) is 31.9 Å². The number of aryl methyl sites for hydroxylation is 1. The van der Waals surface area contributed by atoms with Gasteiger partial charge in [0.2, 0.25) is 0 Å². The largest absolute Gasteiger partial charge is 0.315 e. The van der Waals surface area contributed by atoms with Crippen molar-refractivity contribution in [3.63, 3.8) is 0 Å². The molecule has 0 aliphatic carbocycles. The molecule has 3 heteroatoms. The number of nitrogens with one attached hydrogen (secondary N) is 1. The van der Waals surface area contributed by atoms with Crippen LogP contribution < -0.4 is 5.32 Å². The summed E-state index contributed by atoms with van der Waals surface area (Å²) in [5, 5.41) is 3.33. The molecule has 0 fully saturated rings. The molecule has 0 spiro atoms. The second-order valence-electron chi connectivity index (χ2n) is 4.66. The summed E-state index contributed by atoms with van der Waals surface area (Å²) in [5.74, 6) is -0.658. The number of rotatable bonds is 7. The fourth-order valence-corrected chi connectivity index (χ4v) is 1.74. The predicted molar refractivity (Wildman–Crippen MR) is 67.1 cm³/mol. The summed E-state index contributed by atoms with van der Waals surface area (Å²) in [6.07, 6.45) is 3.64. The Kier molecular flexibility index (Phi) is 6.12. The Balaban J connectivity index is 2.20. The van der Waals surface area contributed by atoms with E-state index in [1.807, 2.05) is 0 Å². The average molecular weight is 241 g/mol. The van der Waals surface area contributed by atoms with Crippen molar-refractivity contribution in [1.29, 1.82) is 0 Å². The van der Waals surface area contributed by atoms with E-state index in [-0.39, 0.29) is 11.6 Å². The van der Waals surface area contributed by atoms with Crippen molar-refractivity contribution in [1.82, 2.24) is 5.32 Å².